The Hall–Kier alpha value is -2.56. The van der Waals surface area contributed by atoms with Gasteiger partial charge in [-0.05, 0) is 24.6 Å². The Bertz CT molecular complexity index is 889. The second-order valence-corrected chi connectivity index (χ2v) is 7.81. The third-order valence-corrected chi connectivity index (χ3v) is 5.55. The molecule has 7 nitrogen and oxygen atoms in total. The van der Waals surface area contributed by atoms with Crippen molar-refractivity contribution in [3.63, 3.8) is 0 Å². The fourth-order valence-electron chi connectivity index (χ4n) is 1.87. The van der Waals surface area contributed by atoms with E-state index in [1.165, 1.54) is 24.5 Å². The van der Waals surface area contributed by atoms with Crippen molar-refractivity contribution in [2.45, 2.75) is 18.3 Å². The summed E-state index contributed by atoms with van der Waals surface area (Å²) in [6.45, 7) is 1.54. The van der Waals surface area contributed by atoms with Crippen molar-refractivity contribution < 1.29 is 22.3 Å². The summed E-state index contributed by atoms with van der Waals surface area (Å²) in [5.41, 5.74) is -0.951. The highest BCUT2D eigenvalue weighted by molar-refractivity contribution is 7.93. The molecule has 0 fully saturated rings. The Morgan fingerprint density at radius 1 is 1.20 bits per heavy atom. The van der Waals surface area contributed by atoms with Crippen molar-refractivity contribution in [3.05, 3.63) is 58.0 Å². The maximum absolute atomic E-state index is 12.8. The van der Waals surface area contributed by atoms with Gasteiger partial charge in [-0.2, -0.15) is 17.5 Å². The van der Waals surface area contributed by atoms with Crippen molar-refractivity contribution in [3.8, 4) is 0 Å². The van der Waals surface area contributed by atoms with Crippen LogP contribution in [-0.4, -0.2) is 25.4 Å². The first-order valence-electron chi connectivity index (χ1n) is 6.85. The van der Waals surface area contributed by atoms with Crippen LogP contribution in [-0.2, 0) is 15.9 Å². The lowest BCUT2D eigenvalue weighted by atomic mass is 10.2. The minimum absolute atomic E-state index is 0.0322. The molecule has 11 heteroatoms. The lowest BCUT2D eigenvalue weighted by Crippen LogP contribution is -2.11. The number of aromatic nitrogens is 2. The Morgan fingerprint density at radius 2 is 1.88 bits per heavy atom. The summed E-state index contributed by atoms with van der Waals surface area (Å²) in [5.74, 6) is 0.0322. The first-order valence-corrected chi connectivity index (χ1v) is 8.84. The molecule has 2 unspecified atom stereocenters. The van der Waals surface area contributed by atoms with Crippen LogP contribution in [0.15, 0.2) is 41.0 Å². The molecule has 25 heavy (non-hydrogen) atoms. The second kappa shape index (κ2) is 6.75. The normalized spacial score (nSPS) is 15.2. The summed E-state index contributed by atoms with van der Waals surface area (Å²) >= 11 is 0. The second-order valence-electron chi connectivity index (χ2n) is 5.20. The quantitative estimate of drug-likeness (QED) is 0.597. The molecule has 0 bridgehead atoms. The van der Waals surface area contributed by atoms with Crippen molar-refractivity contribution in [1.82, 2.24) is 9.97 Å². The van der Waals surface area contributed by atoms with Crippen LogP contribution in [0, 0.1) is 10.1 Å². The van der Waals surface area contributed by atoms with Gasteiger partial charge in [0.25, 0.3) is 5.69 Å². The summed E-state index contributed by atoms with van der Waals surface area (Å²) in [4.78, 5) is 17.0. The predicted molar refractivity (Wildman–Crippen MR) is 84.7 cm³/mol. The van der Waals surface area contributed by atoms with Gasteiger partial charge >= 0.3 is 6.18 Å². The van der Waals surface area contributed by atoms with Crippen LogP contribution >= 0.6 is 0 Å². The average molecular weight is 374 g/mol. The Balaban J connectivity index is 2.31. The number of pyridine rings is 2. The molecule has 0 saturated heterocycles. The van der Waals surface area contributed by atoms with Gasteiger partial charge in [-0.25, -0.2) is 9.19 Å². The third-order valence-electron chi connectivity index (χ3n) is 3.42. The van der Waals surface area contributed by atoms with Gasteiger partial charge in [-0.1, -0.05) is 6.07 Å². The fraction of sp³-hybridized carbons (Fsp3) is 0.286. The van der Waals surface area contributed by atoms with E-state index in [9.17, 15) is 27.5 Å². The third kappa shape index (κ3) is 4.50. The summed E-state index contributed by atoms with van der Waals surface area (Å²) in [6, 6.07) is 4.43. The van der Waals surface area contributed by atoms with E-state index in [-0.39, 0.29) is 11.5 Å². The first kappa shape index (κ1) is 18.8. The average Bonchev–Trinajstić information content (AvgIpc) is 2.53. The molecule has 0 saturated carbocycles. The highest BCUT2D eigenvalue weighted by Gasteiger charge is 2.32. The molecule has 0 aliphatic carbocycles. The monoisotopic (exact) mass is 374 g/mol. The number of hydrogen-bond acceptors (Lipinski definition) is 6. The number of halogens is 3. The van der Waals surface area contributed by atoms with Gasteiger partial charge in [-0.3, -0.25) is 15.1 Å². The molecule has 0 radical (unpaired) electrons. The molecular weight excluding hydrogens is 361 g/mol. The molecule has 0 N–H and O–H groups in total. The topological polar surface area (TPSA) is 98.3 Å². The van der Waals surface area contributed by atoms with E-state index < -0.39 is 31.8 Å². The minimum Gasteiger partial charge on any atom is -0.258 e. The Kier molecular flexibility index (Phi) is 5.07. The van der Waals surface area contributed by atoms with E-state index in [2.05, 4.69) is 14.3 Å². The van der Waals surface area contributed by atoms with E-state index in [0.717, 1.165) is 18.5 Å². The Morgan fingerprint density at radius 3 is 2.32 bits per heavy atom. The lowest BCUT2D eigenvalue weighted by Gasteiger charge is -2.14. The van der Waals surface area contributed by atoms with Crippen LogP contribution in [0.3, 0.4) is 0 Å². The molecular formula is C14H13F3N4O3S. The van der Waals surface area contributed by atoms with E-state index in [0.29, 0.717) is 5.56 Å². The van der Waals surface area contributed by atoms with Crippen molar-refractivity contribution in [2.24, 2.45) is 4.36 Å². The first-order chi connectivity index (χ1) is 11.5. The number of nitrogens with zero attached hydrogens (tertiary/aromatic N) is 4. The van der Waals surface area contributed by atoms with Crippen molar-refractivity contribution in [2.75, 3.05) is 6.26 Å². The van der Waals surface area contributed by atoms with Crippen LogP contribution in [0.5, 0.6) is 0 Å². The van der Waals surface area contributed by atoms with Gasteiger partial charge in [0.1, 0.15) is 11.9 Å². The maximum atomic E-state index is 12.8. The van der Waals surface area contributed by atoms with E-state index >= 15 is 0 Å². The SMILES string of the molecule is CC(c1ccc(C(F)(F)F)nc1)S(C)(=O)=Nc1ccc([N+](=O)[O-])cn1. The highest BCUT2D eigenvalue weighted by Crippen LogP contribution is 2.30. The molecule has 0 amide bonds. The summed E-state index contributed by atoms with van der Waals surface area (Å²) in [7, 11) is -2.93. The van der Waals surface area contributed by atoms with Crippen LogP contribution in [0.2, 0.25) is 0 Å². The lowest BCUT2D eigenvalue weighted by molar-refractivity contribution is -0.385. The van der Waals surface area contributed by atoms with Crippen molar-refractivity contribution in [1.29, 1.82) is 0 Å². The number of hydrogen-bond donors (Lipinski definition) is 0. The number of rotatable bonds is 4. The maximum Gasteiger partial charge on any atom is 0.433 e. The fourth-order valence-corrected chi connectivity index (χ4v) is 3.15. The summed E-state index contributed by atoms with van der Waals surface area (Å²) in [5, 5.41) is 9.86. The zero-order chi connectivity index (χ0) is 18.8. The molecule has 2 rings (SSSR count). The summed E-state index contributed by atoms with van der Waals surface area (Å²) in [6.07, 6.45) is -1.23. The molecule has 0 aromatic carbocycles. The summed E-state index contributed by atoms with van der Waals surface area (Å²) < 4.78 is 54.4. The molecule has 2 atom stereocenters. The molecule has 0 aliphatic heterocycles. The standard InChI is InChI=1S/C14H13F3N4O3S/c1-9(10-3-5-12(18-7-10)14(15,16)17)25(2,24)20-13-6-4-11(8-19-13)21(22)23/h3-9H,1-2H3. The van der Waals surface area contributed by atoms with Gasteiger partial charge in [-0.15, -0.1) is 0 Å². The van der Waals surface area contributed by atoms with E-state index in [1.54, 1.807) is 6.92 Å². The van der Waals surface area contributed by atoms with Gasteiger partial charge in [0.15, 0.2) is 5.82 Å². The van der Waals surface area contributed by atoms with Crippen LogP contribution < -0.4 is 0 Å². The zero-order valence-electron chi connectivity index (χ0n) is 13.1. The van der Waals surface area contributed by atoms with E-state index in [4.69, 9.17) is 0 Å². The molecule has 0 aliphatic rings. The van der Waals surface area contributed by atoms with Crippen LogP contribution in [0.1, 0.15) is 23.4 Å². The predicted octanol–water partition coefficient (Wildman–Crippen LogP) is 3.89. The van der Waals surface area contributed by atoms with Gasteiger partial charge in [0.05, 0.1) is 19.9 Å². The molecule has 134 valence electrons. The van der Waals surface area contributed by atoms with Crippen molar-refractivity contribution >= 4 is 21.2 Å². The van der Waals surface area contributed by atoms with Gasteiger partial charge in [0, 0.05) is 18.5 Å². The molecule has 2 aromatic heterocycles. The van der Waals surface area contributed by atoms with Gasteiger partial charge < -0.3 is 0 Å². The van der Waals surface area contributed by atoms with Crippen LogP contribution in [0.4, 0.5) is 24.7 Å². The van der Waals surface area contributed by atoms with Gasteiger partial charge in [0.2, 0.25) is 0 Å². The minimum atomic E-state index is -4.55. The largest absolute Gasteiger partial charge is 0.433 e. The number of nitro groups is 1. The highest BCUT2D eigenvalue weighted by atomic mass is 32.2. The smallest absolute Gasteiger partial charge is 0.258 e. The zero-order valence-corrected chi connectivity index (χ0v) is 13.9. The molecule has 2 aromatic rings. The molecule has 0 spiro atoms. The van der Waals surface area contributed by atoms with E-state index in [1.807, 2.05) is 0 Å². The molecule has 2 heterocycles. The Labute approximate surface area is 141 Å². The number of alkyl halides is 3. The van der Waals surface area contributed by atoms with Crippen LogP contribution in [0.25, 0.3) is 0 Å².